The molecule has 0 aliphatic carbocycles. The van der Waals surface area contributed by atoms with Gasteiger partial charge in [-0.05, 0) is 57.4 Å². The van der Waals surface area contributed by atoms with Gasteiger partial charge in [0.2, 0.25) is 0 Å². The molecule has 0 saturated heterocycles. The molecule has 0 fully saturated rings. The Balaban J connectivity index is 2.30. The third kappa shape index (κ3) is 2.97. The maximum Gasteiger partial charge on any atom is 0.410 e. The van der Waals surface area contributed by atoms with Gasteiger partial charge in [0.15, 0.2) is 0 Å². The molecule has 1 aromatic rings. The van der Waals surface area contributed by atoms with Crippen molar-refractivity contribution in [3.63, 3.8) is 0 Å². The van der Waals surface area contributed by atoms with E-state index in [1.54, 1.807) is 11.0 Å². The summed E-state index contributed by atoms with van der Waals surface area (Å²) in [5.41, 5.74) is 0.991. The first-order valence-electron chi connectivity index (χ1n) is 6.67. The summed E-state index contributed by atoms with van der Waals surface area (Å²) in [5, 5.41) is 0. The van der Waals surface area contributed by atoms with Crippen LogP contribution < -0.4 is 0 Å². The van der Waals surface area contributed by atoms with Crippen LogP contribution in [-0.4, -0.2) is 23.1 Å². The zero-order valence-electron chi connectivity index (χ0n) is 12.2. The van der Waals surface area contributed by atoms with Crippen molar-refractivity contribution in [2.75, 3.05) is 6.54 Å². The Bertz CT molecular complexity index is 539. The number of hydrogen-bond acceptors (Lipinski definition) is 2. The van der Waals surface area contributed by atoms with Crippen LogP contribution in [0.3, 0.4) is 0 Å². The lowest BCUT2D eigenvalue weighted by Gasteiger charge is -2.36. The van der Waals surface area contributed by atoms with Crippen LogP contribution in [0.25, 0.3) is 0 Å². The van der Waals surface area contributed by atoms with E-state index < -0.39 is 5.60 Å². The fraction of sp³-hybridized carbons (Fsp3) is 0.533. The minimum absolute atomic E-state index is 0.209. The first-order valence-corrected chi connectivity index (χ1v) is 7.46. The summed E-state index contributed by atoms with van der Waals surface area (Å²) in [7, 11) is 0. The molecule has 0 radical (unpaired) electrons. The molecule has 1 aliphatic heterocycles. The predicted molar refractivity (Wildman–Crippen MR) is 79.2 cm³/mol. The molecule has 0 N–H and O–H groups in total. The van der Waals surface area contributed by atoms with Crippen LogP contribution in [-0.2, 0) is 11.2 Å². The monoisotopic (exact) mass is 343 g/mol. The Morgan fingerprint density at radius 3 is 2.70 bits per heavy atom. The second kappa shape index (κ2) is 5.35. The van der Waals surface area contributed by atoms with E-state index in [1.807, 2.05) is 27.7 Å². The average Bonchev–Trinajstić information content (AvgIpc) is 2.31. The molecule has 3 nitrogen and oxygen atoms in total. The number of carbonyl (C=O) groups excluding carboxylic acids is 1. The van der Waals surface area contributed by atoms with E-state index in [2.05, 4.69) is 15.9 Å². The van der Waals surface area contributed by atoms with Gasteiger partial charge < -0.3 is 9.64 Å². The molecule has 0 saturated carbocycles. The summed E-state index contributed by atoms with van der Waals surface area (Å²) in [5.74, 6) is -0.209. The van der Waals surface area contributed by atoms with Crippen molar-refractivity contribution in [3.05, 3.63) is 33.5 Å². The Morgan fingerprint density at radius 1 is 1.45 bits per heavy atom. The van der Waals surface area contributed by atoms with Crippen molar-refractivity contribution >= 4 is 22.0 Å². The maximum atomic E-state index is 13.9. The highest BCUT2D eigenvalue weighted by Gasteiger charge is 2.33. The molecular weight excluding hydrogens is 325 g/mol. The lowest BCUT2D eigenvalue weighted by Crippen LogP contribution is -2.42. The van der Waals surface area contributed by atoms with Gasteiger partial charge in [0.25, 0.3) is 0 Å². The third-order valence-corrected chi connectivity index (χ3v) is 4.05. The quantitative estimate of drug-likeness (QED) is 0.696. The van der Waals surface area contributed by atoms with Crippen molar-refractivity contribution in [2.24, 2.45) is 0 Å². The van der Waals surface area contributed by atoms with E-state index >= 15 is 0 Å². The second-order valence-electron chi connectivity index (χ2n) is 6.02. The molecule has 20 heavy (non-hydrogen) atoms. The molecule has 0 aromatic heterocycles. The van der Waals surface area contributed by atoms with Crippen LogP contribution in [0.2, 0.25) is 0 Å². The number of amides is 1. The van der Waals surface area contributed by atoms with Crippen LogP contribution in [0, 0.1) is 5.82 Å². The molecule has 1 aliphatic rings. The normalized spacial score (nSPS) is 18.7. The van der Waals surface area contributed by atoms with E-state index in [4.69, 9.17) is 4.74 Å². The number of benzene rings is 1. The molecule has 1 aromatic carbocycles. The fourth-order valence-corrected chi connectivity index (χ4v) is 3.17. The highest BCUT2D eigenvalue weighted by Crippen LogP contribution is 2.36. The SMILES string of the molecule is CC1c2c(Br)ccc(F)c2CCN1C(=O)OC(C)(C)C. The van der Waals surface area contributed by atoms with Gasteiger partial charge in [0.05, 0.1) is 6.04 Å². The number of hydrogen-bond donors (Lipinski definition) is 0. The number of ether oxygens (including phenoxy) is 1. The average molecular weight is 344 g/mol. The molecule has 1 atom stereocenters. The van der Waals surface area contributed by atoms with Crippen LogP contribution in [0.1, 0.15) is 44.9 Å². The van der Waals surface area contributed by atoms with Crippen LogP contribution >= 0.6 is 15.9 Å². The zero-order chi connectivity index (χ0) is 15.1. The van der Waals surface area contributed by atoms with Gasteiger partial charge in [-0.1, -0.05) is 15.9 Å². The molecule has 1 unspecified atom stereocenters. The minimum atomic E-state index is -0.531. The van der Waals surface area contributed by atoms with E-state index in [0.29, 0.717) is 18.5 Å². The van der Waals surface area contributed by atoms with Crippen molar-refractivity contribution in [1.29, 1.82) is 0 Å². The van der Waals surface area contributed by atoms with Gasteiger partial charge in [-0.25, -0.2) is 9.18 Å². The Morgan fingerprint density at radius 2 is 2.10 bits per heavy atom. The summed E-state index contributed by atoms with van der Waals surface area (Å²) in [6.45, 7) is 7.87. The van der Waals surface area contributed by atoms with Crippen LogP contribution in [0.5, 0.6) is 0 Å². The Hall–Kier alpha value is -1.10. The Kier molecular flexibility index (Phi) is 4.09. The molecule has 2 rings (SSSR count). The molecular formula is C15H19BrFNO2. The lowest BCUT2D eigenvalue weighted by molar-refractivity contribution is 0.0157. The third-order valence-electron chi connectivity index (χ3n) is 3.36. The molecule has 1 amide bonds. The van der Waals surface area contributed by atoms with E-state index in [9.17, 15) is 9.18 Å². The minimum Gasteiger partial charge on any atom is -0.444 e. The number of halogens is 2. The van der Waals surface area contributed by atoms with Crippen molar-refractivity contribution in [1.82, 2.24) is 4.90 Å². The van der Waals surface area contributed by atoms with E-state index in [1.165, 1.54) is 6.07 Å². The first-order chi connectivity index (χ1) is 9.20. The van der Waals surface area contributed by atoms with Gasteiger partial charge in [-0.3, -0.25) is 0 Å². The maximum absolute atomic E-state index is 13.9. The van der Waals surface area contributed by atoms with Crippen LogP contribution in [0.15, 0.2) is 16.6 Å². The van der Waals surface area contributed by atoms with Crippen molar-refractivity contribution in [2.45, 2.75) is 45.8 Å². The summed E-state index contributed by atoms with van der Waals surface area (Å²) >= 11 is 3.45. The van der Waals surface area contributed by atoms with E-state index in [-0.39, 0.29) is 18.0 Å². The lowest BCUT2D eigenvalue weighted by atomic mass is 9.93. The zero-order valence-corrected chi connectivity index (χ0v) is 13.8. The van der Waals surface area contributed by atoms with Gasteiger partial charge in [-0.2, -0.15) is 0 Å². The summed E-state index contributed by atoms with van der Waals surface area (Å²) < 4.78 is 20.1. The van der Waals surface area contributed by atoms with Gasteiger partial charge in [0.1, 0.15) is 11.4 Å². The van der Waals surface area contributed by atoms with Crippen molar-refractivity contribution < 1.29 is 13.9 Å². The highest BCUT2D eigenvalue weighted by atomic mass is 79.9. The summed E-state index contributed by atoms with van der Waals surface area (Å²) in [6.07, 6.45) is 0.149. The molecule has 0 bridgehead atoms. The predicted octanol–water partition coefficient (Wildman–Crippen LogP) is 4.44. The highest BCUT2D eigenvalue weighted by molar-refractivity contribution is 9.10. The second-order valence-corrected chi connectivity index (χ2v) is 6.88. The molecule has 5 heteroatoms. The van der Waals surface area contributed by atoms with E-state index in [0.717, 1.165) is 10.0 Å². The van der Waals surface area contributed by atoms with Crippen molar-refractivity contribution in [3.8, 4) is 0 Å². The van der Waals surface area contributed by atoms with Gasteiger partial charge in [0, 0.05) is 11.0 Å². The smallest absolute Gasteiger partial charge is 0.410 e. The number of nitrogens with zero attached hydrogens (tertiary/aromatic N) is 1. The Labute approximate surface area is 127 Å². The number of rotatable bonds is 0. The van der Waals surface area contributed by atoms with Crippen LogP contribution in [0.4, 0.5) is 9.18 Å². The number of fused-ring (bicyclic) bond motifs is 1. The first kappa shape index (κ1) is 15.3. The van der Waals surface area contributed by atoms with Gasteiger partial charge >= 0.3 is 6.09 Å². The standard InChI is InChI=1S/C15H19BrFNO2/c1-9-13-10(12(17)6-5-11(13)16)7-8-18(9)14(19)20-15(2,3)4/h5-6,9H,7-8H2,1-4H3. The summed E-state index contributed by atoms with van der Waals surface area (Å²) in [4.78, 5) is 13.9. The molecule has 1 heterocycles. The molecule has 0 spiro atoms. The van der Waals surface area contributed by atoms with Gasteiger partial charge in [-0.15, -0.1) is 0 Å². The largest absolute Gasteiger partial charge is 0.444 e. The fourth-order valence-electron chi connectivity index (χ4n) is 2.47. The summed E-state index contributed by atoms with van der Waals surface area (Å²) in [6, 6.07) is 2.93. The topological polar surface area (TPSA) is 29.5 Å². The molecule has 110 valence electrons. The number of carbonyl (C=O) groups is 1.